The lowest BCUT2D eigenvalue weighted by Crippen LogP contribution is -2.48. The van der Waals surface area contributed by atoms with Gasteiger partial charge in [0, 0.05) is 43.1 Å². The van der Waals surface area contributed by atoms with Crippen molar-refractivity contribution >= 4 is 27.3 Å². The maximum atomic E-state index is 13.2. The van der Waals surface area contributed by atoms with Gasteiger partial charge in [0.1, 0.15) is 5.75 Å². The standard InChI is InChI=1S/C26H29N3O4S/c1-19-5-4-6-22(17-19)27-34(31,32)25-18-21(8-7-20(25)2)26(30)29-15-13-28(14-16-29)23-9-11-24(33-3)12-10-23/h4-12,17-18,27H,13-16H2,1-3H3. The second-order valence-corrected chi connectivity index (χ2v) is 10.1. The van der Waals surface area contributed by atoms with Crippen LogP contribution in [0.25, 0.3) is 0 Å². The van der Waals surface area contributed by atoms with Crippen LogP contribution in [0.15, 0.2) is 71.6 Å². The molecule has 34 heavy (non-hydrogen) atoms. The molecule has 1 fully saturated rings. The van der Waals surface area contributed by atoms with Crippen molar-refractivity contribution in [3.05, 3.63) is 83.4 Å². The van der Waals surface area contributed by atoms with Crippen LogP contribution in [-0.2, 0) is 10.0 Å². The molecule has 0 atom stereocenters. The van der Waals surface area contributed by atoms with Crippen LogP contribution in [0.4, 0.5) is 11.4 Å². The van der Waals surface area contributed by atoms with E-state index in [2.05, 4.69) is 9.62 Å². The fourth-order valence-electron chi connectivity index (χ4n) is 4.08. The molecule has 1 aliphatic heterocycles. The Morgan fingerprint density at radius 1 is 0.912 bits per heavy atom. The van der Waals surface area contributed by atoms with E-state index in [0.717, 1.165) is 17.0 Å². The summed E-state index contributed by atoms with van der Waals surface area (Å²) in [6.07, 6.45) is 0. The molecule has 3 aromatic carbocycles. The molecule has 0 saturated carbocycles. The Hall–Kier alpha value is -3.52. The van der Waals surface area contributed by atoms with Crippen LogP contribution < -0.4 is 14.4 Å². The summed E-state index contributed by atoms with van der Waals surface area (Å²) in [5.41, 5.74) is 3.48. The molecule has 3 aromatic rings. The lowest BCUT2D eigenvalue weighted by molar-refractivity contribution is 0.0746. The number of hydrogen-bond acceptors (Lipinski definition) is 5. The summed E-state index contributed by atoms with van der Waals surface area (Å²) in [6, 6.07) is 19.9. The maximum absolute atomic E-state index is 13.2. The zero-order valence-electron chi connectivity index (χ0n) is 19.6. The minimum absolute atomic E-state index is 0.108. The highest BCUT2D eigenvalue weighted by atomic mass is 32.2. The molecule has 1 N–H and O–H groups in total. The number of benzene rings is 3. The van der Waals surface area contributed by atoms with Gasteiger partial charge in [-0.05, 0) is 73.5 Å². The molecular weight excluding hydrogens is 450 g/mol. The highest BCUT2D eigenvalue weighted by molar-refractivity contribution is 7.92. The lowest BCUT2D eigenvalue weighted by atomic mass is 10.1. The Morgan fingerprint density at radius 2 is 1.62 bits per heavy atom. The summed E-state index contributed by atoms with van der Waals surface area (Å²) in [7, 11) is -2.20. The van der Waals surface area contributed by atoms with Gasteiger partial charge in [0.2, 0.25) is 0 Å². The Balaban J connectivity index is 1.47. The van der Waals surface area contributed by atoms with E-state index >= 15 is 0 Å². The third-order valence-corrected chi connectivity index (χ3v) is 7.52. The highest BCUT2D eigenvalue weighted by Gasteiger charge is 2.25. The third-order valence-electron chi connectivity index (χ3n) is 6.00. The van der Waals surface area contributed by atoms with E-state index < -0.39 is 10.0 Å². The summed E-state index contributed by atoms with van der Waals surface area (Å²) in [6.45, 7) is 6.14. The molecule has 0 aromatic heterocycles. The molecule has 178 valence electrons. The average molecular weight is 480 g/mol. The smallest absolute Gasteiger partial charge is 0.262 e. The van der Waals surface area contributed by atoms with Gasteiger partial charge in [-0.15, -0.1) is 0 Å². The molecule has 0 aliphatic carbocycles. The van der Waals surface area contributed by atoms with Crippen LogP contribution >= 0.6 is 0 Å². The van der Waals surface area contributed by atoms with Crippen LogP contribution in [0.5, 0.6) is 5.75 Å². The van der Waals surface area contributed by atoms with Gasteiger partial charge in [0.05, 0.1) is 12.0 Å². The van der Waals surface area contributed by atoms with Crippen LogP contribution in [-0.4, -0.2) is 52.5 Å². The molecule has 1 amide bonds. The van der Waals surface area contributed by atoms with Crippen molar-refractivity contribution in [1.29, 1.82) is 0 Å². The predicted octanol–water partition coefficient (Wildman–Crippen LogP) is 4.08. The largest absolute Gasteiger partial charge is 0.497 e. The van der Waals surface area contributed by atoms with E-state index in [1.54, 1.807) is 49.3 Å². The Morgan fingerprint density at radius 3 is 2.26 bits per heavy atom. The van der Waals surface area contributed by atoms with Crippen LogP contribution in [0.2, 0.25) is 0 Å². The number of ether oxygens (including phenoxy) is 1. The number of sulfonamides is 1. The van der Waals surface area contributed by atoms with E-state index in [9.17, 15) is 13.2 Å². The summed E-state index contributed by atoms with van der Waals surface area (Å²) in [5.74, 6) is 0.640. The summed E-state index contributed by atoms with van der Waals surface area (Å²) in [5, 5.41) is 0. The Kier molecular flexibility index (Phi) is 6.79. The molecule has 8 heteroatoms. The number of methoxy groups -OCH3 is 1. The minimum atomic E-state index is -3.84. The first-order valence-corrected chi connectivity index (χ1v) is 12.6. The number of carbonyl (C=O) groups excluding carboxylic acids is 1. The predicted molar refractivity (Wildman–Crippen MR) is 134 cm³/mol. The minimum Gasteiger partial charge on any atom is -0.497 e. The van der Waals surface area contributed by atoms with Gasteiger partial charge in [0.25, 0.3) is 15.9 Å². The molecule has 4 rings (SSSR count). The fourth-order valence-corrected chi connectivity index (χ4v) is 5.41. The molecule has 0 unspecified atom stereocenters. The van der Waals surface area contributed by atoms with Gasteiger partial charge in [-0.3, -0.25) is 9.52 Å². The second-order valence-electron chi connectivity index (χ2n) is 8.43. The van der Waals surface area contributed by atoms with Gasteiger partial charge in [-0.25, -0.2) is 8.42 Å². The monoisotopic (exact) mass is 479 g/mol. The summed E-state index contributed by atoms with van der Waals surface area (Å²) in [4.78, 5) is 17.3. The topological polar surface area (TPSA) is 79.0 Å². The van der Waals surface area contributed by atoms with Gasteiger partial charge < -0.3 is 14.5 Å². The van der Waals surface area contributed by atoms with Gasteiger partial charge in [-0.1, -0.05) is 18.2 Å². The molecule has 0 radical (unpaired) electrons. The zero-order chi connectivity index (χ0) is 24.3. The SMILES string of the molecule is COc1ccc(N2CCN(C(=O)c3ccc(C)c(S(=O)(=O)Nc4cccc(C)c4)c3)CC2)cc1. The number of rotatable bonds is 6. The van der Waals surface area contributed by atoms with Crippen molar-refractivity contribution in [3.8, 4) is 5.75 Å². The number of piperazine rings is 1. The Labute approximate surface area is 201 Å². The highest BCUT2D eigenvalue weighted by Crippen LogP contribution is 2.24. The number of anilines is 2. The number of nitrogens with zero attached hydrogens (tertiary/aromatic N) is 2. The second kappa shape index (κ2) is 9.77. The van der Waals surface area contributed by atoms with Crippen LogP contribution in [0.1, 0.15) is 21.5 Å². The number of hydrogen-bond donors (Lipinski definition) is 1. The molecule has 1 aliphatic rings. The lowest BCUT2D eigenvalue weighted by Gasteiger charge is -2.36. The van der Waals surface area contributed by atoms with E-state index in [1.165, 1.54) is 6.07 Å². The van der Waals surface area contributed by atoms with Crippen LogP contribution in [0, 0.1) is 13.8 Å². The first-order valence-electron chi connectivity index (χ1n) is 11.2. The van der Waals surface area contributed by atoms with E-state index in [-0.39, 0.29) is 10.8 Å². The zero-order valence-corrected chi connectivity index (χ0v) is 20.4. The van der Waals surface area contributed by atoms with Gasteiger partial charge in [-0.2, -0.15) is 0 Å². The van der Waals surface area contributed by atoms with Crippen molar-refractivity contribution in [2.24, 2.45) is 0 Å². The quantitative estimate of drug-likeness (QED) is 0.577. The number of nitrogens with one attached hydrogen (secondary N) is 1. The summed E-state index contributed by atoms with van der Waals surface area (Å²) < 4.78 is 34.0. The molecule has 1 heterocycles. The Bertz CT molecular complexity index is 1280. The first-order chi connectivity index (χ1) is 16.3. The van der Waals surface area contributed by atoms with E-state index in [0.29, 0.717) is 43.0 Å². The number of amides is 1. The molecule has 7 nitrogen and oxygen atoms in total. The third kappa shape index (κ3) is 5.17. The average Bonchev–Trinajstić information content (AvgIpc) is 2.84. The molecule has 0 spiro atoms. The molecule has 0 bridgehead atoms. The number of aryl methyl sites for hydroxylation is 2. The van der Waals surface area contributed by atoms with Crippen molar-refractivity contribution in [3.63, 3.8) is 0 Å². The van der Waals surface area contributed by atoms with Crippen molar-refractivity contribution in [2.45, 2.75) is 18.7 Å². The van der Waals surface area contributed by atoms with Crippen molar-refractivity contribution in [2.75, 3.05) is 42.9 Å². The maximum Gasteiger partial charge on any atom is 0.262 e. The van der Waals surface area contributed by atoms with Crippen molar-refractivity contribution in [1.82, 2.24) is 4.90 Å². The molecule has 1 saturated heterocycles. The fraction of sp³-hybridized carbons (Fsp3) is 0.269. The molecular formula is C26H29N3O4S. The van der Waals surface area contributed by atoms with Gasteiger partial charge in [0.15, 0.2) is 0 Å². The van der Waals surface area contributed by atoms with E-state index in [1.807, 2.05) is 37.3 Å². The normalized spacial score (nSPS) is 14.1. The van der Waals surface area contributed by atoms with Crippen molar-refractivity contribution < 1.29 is 17.9 Å². The van der Waals surface area contributed by atoms with E-state index in [4.69, 9.17) is 4.74 Å². The summed E-state index contributed by atoms with van der Waals surface area (Å²) >= 11 is 0. The van der Waals surface area contributed by atoms with Crippen LogP contribution in [0.3, 0.4) is 0 Å². The number of carbonyl (C=O) groups is 1. The first kappa shape index (κ1) is 23.6. The van der Waals surface area contributed by atoms with Gasteiger partial charge >= 0.3 is 0 Å².